The van der Waals surface area contributed by atoms with Crippen LogP contribution in [-0.4, -0.2) is 36.1 Å². The second-order valence-electron chi connectivity index (χ2n) is 4.75. The number of hydrogen-bond acceptors (Lipinski definition) is 6. The first-order valence-corrected chi connectivity index (χ1v) is 8.49. The lowest BCUT2D eigenvalue weighted by atomic mass is 10.2. The molecule has 0 aliphatic heterocycles. The molecule has 0 spiro atoms. The van der Waals surface area contributed by atoms with Crippen molar-refractivity contribution >= 4 is 44.0 Å². The zero-order chi connectivity index (χ0) is 18.4. The molecular weight excluding hydrogens is 460 g/mol. The number of hydrogen-bond donors (Lipinski definition) is 3. The van der Waals surface area contributed by atoms with Crippen molar-refractivity contribution in [2.24, 2.45) is 5.10 Å². The number of phenolic OH excluding ortho intramolecular Hbond substituents is 2. The number of methoxy groups -OCH3 is 1. The quantitative estimate of drug-likeness (QED) is 0.340. The predicted octanol–water partition coefficient (Wildman–Crippen LogP) is 3.16. The molecule has 0 heterocycles. The van der Waals surface area contributed by atoms with E-state index in [1.54, 1.807) is 25.3 Å². The molecule has 2 aromatic carbocycles. The highest BCUT2D eigenvalue weighted by molar-refractivity contribution is 9.10. The van der Waals surface area contributed by atoms with E-state index in [2.05, 4.69) is 42.4 Å². The average Bonchev–Trinajstić information content (AvgIpc) is 2.58. The number of hydrazone groups is 1. The number of rotatable bonds is 6. The van der Waals surface area contributed by atoms with E-state index < -0.39 is 5.91 Å². The number of phenols is 2. The molecule has 0 saturated carbocycles. The van der Waals surface area contributed by atoms with Crippen LogP contribution in [-0.2, 0) is 4.79 Å². The SMILES string of the molecule is COc1ccc(OCC(=O)NN=Cc2cc(O)c(O)c(Br)c2)c(Br)c1. The molecule has 1 amide bonds. The normalized spacial score (nSPS) is 10.7. The molecule has 0 aromatic heterocycles. The Bertz CT molecular complexity index is 788. The summed E-state index contributed by atoms with van der Waals surface area (Å²) in [6.45, 7) is -0.229. The topological polar surface area (TPSA) is 100 Å². The van der Waals surface area contributed by atoms with Crippen molar-refractivity contribution in [2.45, 2.75) is 0 Å². The molecule has 9 heteroatoms. The summed E-state index contributed by atoms with van der Waals surface area (Å²) in [5.74, 6) is 0.138. The molecule has 0 aliphatic rings. The van der Waals surface area contributed by atoms with Gasteiger partial charge in [0.2, 0.25) is 0 Å². The molecule has 0 unspecified atom stereocenters. The van der Waals surface area contributed by atoms with Crippen LogP contribution >= 0.6 is 31.9 Å². The van der Waals surface area contributed by atoms with Crippen molar-refractivity contribution in [1.82, 2.24) is 5.43 Å². The number of carbonyl (C=O) groups excluding carboxylic acids is 1. The second-order valence-corrected chi connectivity index (χ2v) is 6.46. The lowest BCUT2D eigenvalue weighted by Crippen LogP contribution is -2.24. The van der Waals surface area contributed by atoms with Crippen molar-refractivity contribution < 1.29 is 24.5 Å². The first-order valence-electron chi connectivity index (χ1n) is 6.90. The fraction of sp³-hybridized carbons (Fsp3) is 0.125. The minimum absolute atomic E-state index is 0.229. The maximum absolute atomic E-state index is 11.7. The average molecular weight is 474 g/mol. The Morgan fingerprint density at radius 3 is 2.64 bits per heavy atom. The van der Waals surface area contributed by atoms with Gasteiger partial charge in [-0.2, -0.15) is 5.10 Å². The van der Waals surface area contributed by atoms with Crippen molar-refractivity contribution in [3.63, 3.8) is 0 Å². The molecule has 2 rings (SSSR count). The van der Waals surface area contributed by atoms with Crippen molar-refractivity contribution in [1.29, 1.82) is 0 Å². The molecule has 0 aliphatic carbocycles. The third kappa shape index (κ3) is 5.36. The minimum atomic E-state index is -0.457. The number of nitrogens with one attached hydrogen (secondary N) is 1. The fourth-order valence-corrected chi connectivity index (χ4v) is 2.70. The van der Waals surface area contributed by atoms with E-state index in [9.17, 15) is 15.0 Å². The first-order chi connectivity index (χ1) is 11.9. The Kier molecular flexibility index (Phi) is 6.65. The largest absolute Gasteiger partial charge is 0.504 e. The number of ether oxygens (including phenoxy) is 2. The monoisotopic (exact) mass is 472 g/mol. The van der Waals surface area contributed by atoms with Gasteiger partial charge in [-0.05, 0) is 67.8 Å². The van der Waals surface area contributed by atoms with Crippen molar-refractivity contribution in [3.05, 3.63) is 44.8 Å². The van der Waals surface area contributed by atoms with Crippen LogP contribution in [0.1, 0.15) is 5.56 Å². The third-order valence-corrected chi connectivity index (χ3v) is 4.19. The molecule has 0 fully saturated rings. The van der Waals surface area contributed by atoms with Crippen LogP contribution in [0.15, 0.2) is 44.4 Å². The van der Waals surface area contributed by atoms with Crippen LogP contribution in [0.2, 0.25) is 0 Å². The van der Waals surface area contributed by atoms with Crippen LogP contribution in [0.25, 0.3) is 0 Å². The summed E-state index contributed by atoms with van der Waals surface area (Å²) in [5, 5.41) is 22.7. The number of benzene rings is 2. The molecule has 0 atom stereocenters. The Morgan fingerprint density at radius 1 is 1.24 bits per heavy atom. The molecule has 2 aromatic rings. The molecule has 0 saturated heterocycles. The smallest absolute Gasteiger partial charge is 0.277 e. The highest BCUT2D eigenvalue weighted by Crippen LogP contribution is 2.33. The predicted molar refractivity (Wildman–Crippen MR) is 99.4 cm³/mol. The van der Waals surface area contributed by atoms with Gasteiger partial charge in [-0.1, -0.05) is 0 Å². The number of halogens is 2. The lowest BCUT2D eigenvalue weighted by Gasteiger charge is -2.08. The van der Waals surface area contributed by atoms with Gasteiger partial charge in [0, 0.05) is 0 Å². The summed E-state index contributed by atoms with van der Waals surface area (Å²) in [7, 11) is 1.56. The summed E-state index contributed by atoms with van der Waals surface area (Å²) in [6.07, 6.45) is 1.32. The van der Waals surface area contributed by atoms with E-state index in [1.807, 2.05) is 0 Å². The first kappa shape index (κ1) is 19.1. The van der Waals surface area contributed by atoms with E-state index in [-0.39, 0.29) is 18.1 Å². The highest BCUT2D eigenvalue weighted by atomic mass is 79.9. The van der Waals surface area contributed by atoms with Crippen LogP contribution in [0, 0.1) is 0 Å². The minimum Gasteiger partial charge on any atom is -0.504 e. The highest BCUT2D eigenvalue weighted by Gasteiger charge is 2.07. The maximum Gasteiger partial charge on any atom is 0.277 e. The maximum atomic E-state index is 11.7. The van der Waals surface area contributed by atoms with Gasteiger partial charge in [0.15, 0.2) is 18.1 Å². The fourth-order valence-electron chi connectivity index (χ4n) is 1.76. The van der Waals surface area contributed by atoms with E-state index >= 15 is 0 Å². The lowest BCUT2D eigenvalue weighted by molar-refractivity contribution is -0.123. The van der Waals surface area contributed by atoms with Gasteiger partial charge in [-0.25, -0.2) is 5.43 Å². The van der Waals surface area contributed by atoms with Crippen LogP contribution in [0.5, 0.6) is 23.0 Å². The Balaban J connectivity index is 1.88. The van der Waals surface area contributed by atoms with Gasteiger partial charge in [0.05, 0.1) is 22.3 Å². The van der Waals surface area contributed by atoms with E-state index in [4.69, 9.17) is 9.47 Å². The molecular formula is C16H14Br2N2O5. The van der Waals surface area contributed by atoms with Gasteiger partial charge in [0.25, 0.3) is 5.91 Å². The van der Waals surface area contributed by atoms with E-state index in [0.717, 1.165) is 0 Å². The summed E-state index contributed by atoms with van der Waals surface area (Å²) in [4.78, 5) is 11.7. The van der Waals surface area contributed by atoms with E-state index in [1.165, 1.54) is 18.3 Å². The third-order valence-electron chi connectivity index (χ3n) is 2.97. The number of aromatic hydroxyl groups is 2. The van der Waals surface area contributed by atoms with Crippen LogP contribution < -0.4 is 14.9 Å². The van der Waals surface area contributed by atoms with Crippen LogP contribution in [0.3, 0.4) is 0 Å². The number of amides is 1. The summed E-state index contributed by atoms with van der Waals surface area (Å²) in [5.41, 5.74) is 2.79. The van der Waals surface area contributed by atoms with Gasteiger partial charge >= 0.3 is 0 Å². The zero-order valence-corrected chi connectivity index (χ0v) is 16.2. The zero-order valence-electron chi connectivity index (χ0n) is 13.0. The molecule has 132 valence electrons. The van der Waals surface area contributed by atoms with Gasteiger partial charge in [-0.15, -0.1) is 0 Å². The van der Waals surface area contributed by atoms with Gasteiger partial charge in [-0.3, -0.25) is 4.79 Å². The van der Waals surface area contributed by atoms with Gasteiger partial charge in [0.1, 0.15) is 11.5 Å². The van der Waals surface area contributed by atoms with Crippen molar-refractivity contribution in [2.75, 3.05) is 13.7 Å². The van der Waals surface area contributed by atoms with Crippen LogP contribution in [0.4, 0.5) is 0 Å². The number of nitrogens with zero attached hydrogens (tertiary/aromatic N) is 1. The Labute approximate surface area is 160 Å². The second kappa shape index (κ2) is 8.72. The molecule has 25 heavy (non-hydrogen) atoms. The Hall–Kier alpha value is -2.26. The number of carbonyl (C=O) groups is 1. The van der Waals surface area contributed by atoms with E-state index in [0.29, 0.717) is 26.0 Å². The molecule has 3 N–H and O–H groups in total. The Morgan fingerprint density at radius 2 is 2.00 bits per heavy atom. The molecule has 0 bridgehead atoms. The summed E-state index contributed by atoms with van der Waals surface area (Å²) in [6, 6.07) is 7.96. The standard InChI is InChI=1S/C16H14Br2N2O5/c1-24-10-2-3-14(11(17)6-10)25-8-15(22)20-19-7-9-4-12(18)16(23)13(21)5-9/h2-7,21,23H,8H2,1H3,(H,20,22). The molecule has 0 radical (unpaired) electrons. The summed E-state index contributed by atoms with van der Waals surface area (Å²) < 4.78 is 11.4. The summed E-state index contributed by atoms with van der Waals surface area (Å²) >= 11 is 6.42. The molecule has 7 nitrogen and oxygen atoms in total. The van der Waals surface area contributed by atoms with Crippen molar-refractivity contribution in [3.8, 4) is 23.0 Å². The van der Waals surface area contributed by atoms with Gasteiger partial charge < -0.3 is 19.7 Å².